The van der Waals surface area contributed by atoms with E-state index >= 15 is 0 Å². The molecule has 3 atom stereocenters. The maximum Gasteiger partial charge on any atom is 0.272 e. The van der Waals surface area contributed by atoms with Crippen molar-refractivity contribution in [3.8, 4) is 0 Å². The SMILES string of the molecule is Cc1nc2ccccc2n(CCCN[C@@H]2CC[C@@H](C)C[C@H]2C)c1=O. The van der Waals surface area contributed by atoms with Crippen LogP contribution in [0, 0.1) is 18.8 Å². The summed E-state index contributed by atoms with van der Waals surface area (Å²) in [6.45, 7) is 8.22. The topological polar surface area (TPSA) is 46.9 Å². The molecule has 0 aliphatic heterocycles. The summed E-state index contributed by atoms with van der Waals surface area (Å²) < 4.78 is 1.88. The molecule has 2 aromatic rings. The van der Waals surface area contributed by atoms with Crippen molar-refractivity contribution in [1.82, 2.24) is 14.9 Å². The Hall–Kier alpha value is -1.68. The Bertz CT molecular complexity index is 752. The highest BCUT2D eigenvalue weighted by molar-refractivity contribution is 5.74. The zero-order chi connectivity index (χ0) is 17.1. The van der Waals surface area contributed by atoms with Crippen LogP contribution in [0.4, 0.5) is 0 Å². The van der Waals surface area contributed by atoms with Crippen molar-refractivity contribution in [2.45, 2.75) is 59.0 Å². The maximum atomic E-state index is 12.4. The van der Waals surface area contributed by atoms with Gasteiger partial charge < -0.3 is 9.88 Å². The molecule has 1 aliphatic rings. The molecule has 4 nitrogen and oxygen atoms in total. The van der Waals surface area contributed by atoms with Crippen LogP contribution < -0.4 is 10.9 Å². The van der Waals surface area contributed by atoms with Gasteiger partial charge in [0, 0.05) is 12.6 Å². The Balaban J connectivity index is 1.62. The Kier molecular flexibility index (Phi) is 5.34. The van der Waals surface area contributed by atoms with Gasteiger partial charge in [-0.05, 0) is 63.1 Å². The minimum atomic E-state index is 0.0357. The highest BCUT2D eigenvalue weighted by Gasteiger charge is 2.24. The van der Waals surface area contributed by atoms with Gasteiger partial charge in [-0.25, -0.2) is 4.98 Å². The van der Waals surface area contributed by atoms with E-state index in [1.54, 1.807) is 6.92 Å². The smallest absolute Gasteiger partial charge is 0.272 e. The van der Waals surface area contributed by atoms with Crippen molar-refractivity contribution in [1.29, 1.82) is 0 Å². The van der Waals surface area contributed by atoms with Gasteiger partial charge in [0.05, 0.1) is 11.0 Å². The molecule has 0 saturated heterocycles. The Labute approximate surface area is 144 Å². The van der Waals surface area contributed by atoms with E-state index in [4.69, 9.17) is 0 Å². The molecule has 1 aliphatic carbocycles. The number of benzene rings is 1. The van der Waals surface area contributed by atoms with Gasteiger partial charge in [0.1, 0.15) is 5.69 Å². The third-order valence-corrected chi connectivity index (χ3v) is 5.41. The van der Waals surface area contributed by atoms with Crippen molar-refractivity contribution < 1.29 is 0 Å². The average Bonchev–Trinajstić information content (AvgIpc) is 2.56. The Morgan fingerprint density at radius 3 is 2.83 bits per heavy atom. The first-order valence-electron chi connectivity index (χ1n) is 9.26. The van der Waals surface area contributed by atoms with Gasteiger partial charge in [-0.1, -0.05) is 26.0 Å². The van der Waals surface area contributed by atoms with Crippen LogP contribution in [-0.4, -0.2) is 22.1 Å². The fraction of sp³-hybridized carbons (Fsp3) is 0.600. The van der Waals surface area contributed by atoms with Gasteiger partial charge in [0.25, 0.3) is 5.56 Å². The molecule has 1 fully saturated rings. The number of aromatic nitrogens is 2. The third kappa shape index (κ3) is 3.69. The van der Waals surface area contributed by atoms with Gasteiger partial charge in [-0.2, -0.15) is 0 Å². The minimum absolute atomic E-state index is 0.0357. The van der Waals surface area contributed by atoms with E-state index in [-0.39, 0.29) is 5.56 Å². The molecule has 3 rings (SSSR count). The molecule has 0 amide bonds. The lowest BCUT2D eigenvalue weighted by Gasteiger charge is -2.33. The molecule has 1 saturated carbocycles. The zero-order valence-electron chi connectivity index (χ0n) is 15.1. The molecular weight excluding hydrogens is 298 g/mol. The molecule has 1 N–H and O–H groups in total. The van der Waals surface area contributed by atoms with Gasteiger partial charge >= 0.3 is 0 Å². The summed E-state index contributed by atoms with van der Waals surface area (Å²) in [7, 11) is 0. The molecule has 0 bridgehead atoms. The Morgan fingerprint density at radius 1 is 1.25 bits per heavy atom. The van der Waals surface area contributed by atoms with Crippen LogP contribution in [0.15, 0.2) is 29.1 Å². The highest BCUT2D eigenvalue weighted by Crippen LogP contribution is 2.28. The number of aryl methyl sites for hydroxylation is 2. The van der Waals surface area contributed by atoms with Crippen molar-refractivity contribution in [3.63, 3.8) is 0 Å². The molecule has 130 valence electrons. The summed E-state index contributed by atoms with van der Waals surface area (Å²) in [5.74, 6) is 1.61. The largest absolute Gasteiger partial charge is 0.314 e. The van der Waals surface area contributed by atoms with Gasteiger partial charge in [-0.3, -0.25) is 4.79 Å². The third-order valence-electron chi connectivity index (χ3n) is 5.41. The van der Waals surface area contributed by atoms with E-state index in [1.165, 1.54) is 19.3 Å². The van der Waals surface area contributed by atoms with Crippen molar-refractivity contribution in [2.24, 2.45) is 11.8 Å². The minimum Gasteiger partial charge on any atom is -0.314 e. The number of nitrogens with one attached hydrogen (secondary N) is 1. The fourth-order valence-corrected chi connectivity index (χ4v) is 4.04. The monoisotopic (exact) mass is 327 g/mol. The molecule has 1 aromatic carbocycles. The molecule has 24 heavy (non-hydrogen) atoms. The lowest BCUT2D eigenvalue weighted by Crippen LogP contribution is -2.39. The maximum absolute atomic E-state index is 12.4. The zero-order valence-corrected chi connectivity index (χ0v) is 15.1. The first kappa shape index (κ1) is 17.2. The predicted molar refractivity (Wildman–Crippen MR) is 99.3 cm³/mol. The number of fused-ring (bicyclic) bond motifs is 1. The summed E-state index contributed by atoms with van der Waals surface area (Å²) in [4.78, 5) is 16.9. The Morgan fingerprint density at radius 2 is 2.04 bits per heavy atom. The van der Waals surface area contributed by atoms with Crippen LogP contribution in [-0.2, 0) is 6.54 Å². The van der Waals surface area contributed by atoms with Crippen molar-refractivity contribution in [2.75, 3.05) is 6.54 Å². The molecule has 1 heterocycles. The second-order valence-electron chi connectivity index (χ2n) is 7.45. The highest BCUT2D eigenvalue weighted by atomic mass is 16.1. The summed E-state index contributed by atoms with van der Waals surface area (Å²) in [6, 6.07) is 8.53. The lowest BCUT2D eigenvalue weighted by atomic mass is 9.80. The molecule has 0 spiro atoms. The number of hydrogen-bond donors (Lipinski definition) is 1. The standard InChI is InChI=1S/C20H29N3O/c1-14-9-10-17(15(2)13-14)21-11-6-12-23-19-8-5-4-7-18(19)22-16(3)20(23)24/h4-5,7-8,14-15,17,21H,6,9-13H2,1-3H3/t14-,15-,17-/m1/s1. The summed E-state index contributed by atoms with van der Waals surface area (Å²) in [5, 5.41) is 3.71. The van der Waals surface area contributed by atoms with Crippen LogP contribution >= 0.6 is 0 Å². The second kappa shape index (κ2) is 7.47. The average molecular weight is 327 g/mol. The van der Waals surface area contributed by atoms with Crippen LogP contribution in [0.25, 0.3) is 11.0 Å². The normalized spacial score (nSPS) is 24.4. The van der Waals surface area contributed by atoms with Gasteiger partial charge in [-0.15, -0.1) is 0 Å². The van der Waals surface area contributed by atoms with E-state index in [2.05, 4.69) is 24.1 Å². The number of nitrogens with zero attached hydrogens (tertiary/aromatic N) is 2. The summed E-state index contributed by atoms with van der Waals surface area (Å²) in [5.41, 5.74) is 2.45. The first-order valence-corrected chi connectivity index (χ1v) is 9.26. The van der Waals surface area contributed by atoms with Crippen LogP contribution in [0.5, 0.6) is 0 Å². The number of para-hydroxylation sites is 2. The van der Waals surface area contributed by atoms with E-state index in [0.29, 0.717) is 11.7 Å². The van der Waals surface area contributed by atoms with E-state index < -0.39 is 0 Å². The van der Waals surface area contributed by atoms with E-state index in [1.807, 2.05) is 28.8 Å². The molecule has 0 radical (unpaired) electrons. The predicted octanol–water partition coefficient (Wildman–Crippen LogP) is 3.51. The molecular formula is C20H29N3O. The molecule has 4 heteroatoms. The van der Waals surface area contributed by atoms with Crippen molar-refractivity contribution in [3.05, 3.63) is 40.3 Å². The molecule has 0 unspecified atom stereocenters. The second-order valence-corrected chi connectivity index (χ2v) is 7.45. The van der Waals surface area contributed by atoms with Crippen LogP contribution in [0.3, 0.4) is 0 Å². The van der Waals surface area contributed by atoms with E-state index in [0.717, 1.165) is 42.4 Å². The lowest BCUT2D eigenvalue weighted by molar-refractivity contribution is 0.227. The van der Waals surface area contributed by atoms with Crippen molar-refractivity contribution >= 4 is 11.0 Å². The first-order chi connectivity index (χ1) is 11.6. The quantitative estimate of drug-likeness (QED) is 0.855. The number of hydrogen-bond acceptors (Lipinski definition) is 3. The van der Waals surface area contributed by atoms with Gasteiger partial charge in [0.2, 0.25) is 0 Å². The summed E-state index contributed by atoms with van der Waals surface area (Å²) in [6.07, 6.45) is 4.90. The fourth-order valence-electron chi connectivity index (χ4n) is 4.04. The number of rotatable bonds is 5. The summed E-state index contributed by atoms with van der Waals surface area (Å²) >= 11 is 0. The van der Waals surface area contributed by atoms with Gasteiger partial charge in [0.15, 0.2) is 0 Å². The molecule has 1 aromatic heterocycles. The van der Waals surface area contributed by atoms with E-state index in [9.17, 15) is 4.79 Å². The van der Waals surface area contributed by atoms with Crippen LogP contribution in [0.1, 0.15) is 45.2 Å². The van der Waals surface area contributed by atoms with Crippen LogP contribution in [0.2, 0.25) is 0 Å².